The second kappa shape index (κ2) is 6.39. The van der Waals surface area contributed by atoms with Crippen molar-refractivity contribution >= 4 is 11.6 Å². The molecule has 0 atom stereocenters. The van der Waals surface area contributed by atoms with Crippen LogP contribution < -0.4 is 10.6 Å². The summed E-state index contributed by atoms with van der Waals surface area (Å²) in [6.07, 6.45) is 2.43. The highest BCUT2D eigenvalue weighted by atomic mass is 16.2. The fourth-order valence-electron chi connectivity index (χ4n) is 2.72. The smallest absolute Gasteiger partial charge is 0.230 e. The Balaban J connectivity index is 2.20. The van der Waals surface area contributed by atoms with Gasteiger partial charge in [0, 0.05) is 5.69 Å². The van der Waals surface area contributed by atoms with E-state index in [1.54, 1.807) is 18.2 Å². The molecule has 2 N–H and O–H groups in total. The molecule has 0 aromatic heterocycles. The van der Waals surface area contributed by atoms with E-state index in [0.29, 0.717) is 11.3 Å². The average molecular weight is 282 g/mol. The number of amides is 1. The molecule has 108 valence electrons. The van der Waals surface area contributed by atoms with Crippen LogP contribution in [0.4, 0.5) is 5.69 Å². The van der Waals surface area contributed by atoms with Gasteiger partial charge in [0.25, 0.3) is 0 Å². The number of hydrogen-bond acceptors (Lipinski definition) is 4. The van der Waals surface area contributed by atoms with Gasteiger partial charge in [-0.1, -0.05) is 6.92 Å². The largest absolute Gasteiger partial charge is 0.326 e. The van der Waals surface area contributed by atoms with Gasteiger partial charge in [-0.05, 0) is 50.6 Å². The zero-order chi connectivity index (χ0) is 15.3. The Morgan fingerprint density at radius 2 is 1.95 bits per heavy atom. The Bertz CT molecular complexity index is 618. The molecule has 0 radical (unpaired) electrons. The molecular weight excluding hydrogens is 264 g/mol. The molecule has 0 unspecified atom stereocenters. The first-order valence-electron chi connectivity index (χ1n) is 7.11. The summed E-state index contributed by atoms with van der Waals surface area (Å²) in [7, 11) is 0. The van der Waals surface area contributed by atoms with Crippen LogP contribution in [0.5, 0.6) is 0 Å². The molecule has 1 aromatic rings. The van der Waals surface area contributed by atoms with Gasteiger partial charge in [0.15, 0.2) is 0 Å². The zero-order valence-electron chi connectivity index (χ0n) is 12.1. The summed E-state index contributed by atoms with van der Waals surface area (Å²) >= 11 is 0. The summed E-state index contributed by atoms with van der Waals surface area (Å²) in [5.74, 6) is 0.0000902. The summed E-state index contributed by atoms with van der Waals surface area (Å²) in [6, 6.07) is 8.73. The maximum absolute atomic E-state index is 12.6. The van der Waals surface area contributed by atoms with E-state index < -0.39 is 0 Å². The Morgan fingerprint density at radius 1 is 1.29 bits per heavy atom. The number of carbonyl (C=O) groups excluding carboxylic acids is 1. The van der Waals surface area contributed by atoms with Gasteiger partial charge in [0.2, 0.25) is 5.91 Å². The van der Waals surface area contributed by atoms with Crippen molar-refractivity contribution in [3.05, 3.63) is 29.3 Å². The monoisotopic (exact) mass is 282 g/mol. The minimum absolute atomic E-state index is 0.0000902. The number of carbonyl (C=O) groups is 1. The molecule has 1 aliphatic heterocycles. The van der Waals surface area contributed by atoms with E-state index >= 15 is 0 Å². The maximum atomic E-state index is 12.6. The van der Waals surface area contributed by atoms with E-state index in [-0.39, 0.29) is 16.9 Å². The van der Waals surface area contributed by atoms with Crippen molar-refractivity contribution in [2.75, 3.05) is 18.4 Å². The van der Waals surface area contributed by atoms with E-state index in [0.717, 1.165) is 32.4 Å². The van der Waals surface area contributed by atoms with Gasteiger partial charge in [0.1, 0.15) is 12.1 Å². The van der Waals surface area contributed by atoms with Crippen LogP contribution in [0.1, 0.15) is 37.3 Å². The lowest BCUT2D eigenvalue weighted by atomic mass is 9.76. The second-order valence-corrected chi connectivity index (χ2v) is 5.32. The summed E-state index contributed by atoms with van der Waals surface area (Å²) < 4.78 is 0. The Hall–Kier alpha value is -2.37. The summed E-state index contributed by atoms with van der Waals surface area (Å²) in [6.45, 7) is 3.72. The second-order valence-electron chi connectivity index (χ2n) is 5.32. The van der Waals surface area contributed by atoms with Crippen LogP contribution in [0.15, 0.2) is 18.2 Å². The number of benzene rings is 1. The van der Waals surface area contributed by atoms with Gasteiger partial charge < -0.3 is 10.6 Å². The lowest BCUT2D eigenvalue weighted by Crippen LogP contribution is -2.44. The zero-order valence-corrected chi connectivity index (χ0v) is 12.1. The number of hydrogen-bond donors (Lipinski definition) is 2. The maximum Gasteiger partial charge on any atom is 0.230 e. The van der Waals surface area contributed by atoms with Crippen molar-refractivity contribution < 1.29 is 4.79 Å². The molecule has 0 aliphatic carbocycles. The molecule has 5 heteroatoms. The number of anilines is 1. The highest BCUT2D eigenvalue weighted by Crippen LogP contribution is 2.34. The normalized spacial score (nSPS) is 16.5. The van der Waals surface area contributed by atoms with E-state index in [2.05, 4.69) is 10.6 Å². The lowest BCUT2D eigenvalue weighted by molar-refractivity contribution is -0.127. The first-order chi connectivity index (χ1) is 10.1. The Labute approximate surface area is 124 Å². The van der Waals surface area contributed by atoms with Gasteiger partial charge in [-0.2, -0.15) is 10.5 Å². The van der Waals surface area contributed by atoms with Gasteiger partial charge in [-0.15, -0.1) is 0 Å². The molecule has 0 spiro atoms. The molecule has 1 saturated heterocycles. The van der Waals surface area contributed by atoms with Crippen molar-refractivity contribution in [1.29, 1.82) is 10.5 Å². The molecule has 0 saturated carbocycles. The third kappa shape index (κ3) is 3.04. The number of nitrogens with zero attached hydrogens (tertiary/aromatic N) is 2. The van der Waals surface area contributed by atoms with E-state index in [4.69, 9.17) is 10.5 Å². The molecule has 1 aromatic carbocycles. The number of nitrogens with one attached hydrogen (secondary N) is 2. The number of rotatable bonds is 3. The fraction of sp³-hybridized carbons (Fsp3) is 0.438. The van der Waals surface area contributed by atoms with Crippen molar-refractivity contribution in [1.82, 2.24) is 5.32 Å². The number of nitriles is 2. The summed E-state index contributed by atoms with van der Waals surface area (Å²) in [5, 5.41) is 24.1. The van der Waals surface area contributed by atoms with E-state index in [1.165, 1.54) is 0 Å². The van der Waals surface area contributed by atoms with Gasteiger partial charge in [-0.25, -0.2) is 0 Å². The van der Waals surface area contributed by atoms with E-state index in [9.17, 15) is 4.79 Å². The van der Waals surface area contributed by atoms with Crippen molar-refractivity contribution in [3.8, 4) is 12.1 Å². The van der Waals surface area contributed by atoms with Gasteiger partial charge >= 0.3 is 0 Å². The Morgan fingerprint density at radius 3 is 2.52 bits per heavy atom. The summed E-state index contributed by atoms with van der Waals surface area (Å²) in [4.78, 5) is 12.6. The third-order valence-corrected chi connectivity index (χ3v) is 4.24. The van der Waals surface area contributed by atoms with Crippen LogP contribution in [0.3, 0.4) is 0 Å². The fourth-order valence-corrected chi connectivity index (χ4v) is 2.72. The molecule has 1 aliphatic rings. The van der Waals surface area contributed by atoms with Gasteiger partial charge in [0.05, 0.1) is 16.5 Å². The van der Waals surface area contributed by atoms with Crippen LogP contribution in [-0.4, -0.2) is 19.0 Å². The average Bonchev–Trinajstić information content (AvgIpc) is 2.55. The molecule has 1 fully saturated rings. The van der Waals surface area contributed by atoms with Crippen molar-refractivity contribution in [3.63, 3.8) is 0 Å². The van der Waals surface area contributed by atoms with Crippen LogP contribution in [0.25, 0.3) is 0 Å². The SMILES string of the molecule is CCC1(C(=O)Nc2ccc(C#N)c(C#N)c2)CCNCC1. The van der Waals surface area contributed by atoms with Gasteiger partial charge in [-0.3, -0.25) is 4.79 Å². The highest BCUT2D eigenvalue weighted by Gasteiger charge is 2.37. The molecule has 2 rings (SSSR count). The first kappa shape index (κ1) is 15.0. The van der Waals surface area contributed by atoms with E-state index in [1.807, 2.05) is 19.1 Å². The predicted octanol–water partition coefficient (Wildman–Crippen LogP) is 2.15. The molecule has 21 heavy (non-hydrogen) atoms. The molecule has 1 amide bonds. The quantitative estimate of drug-likeness (QED) is 0.889. The topological polar surface area (TPSA) is 88.7 Å². The third-order valence-electron chi connectivity index (χ3n) is 4.24. The van der Waals surface area contributed by atoms with Crippen LogP contribution >= 0.6 is 0 Å². The van der Waals surface area contributed by atoms with Crippen LogP contribution in [0.2, 0.25) is 0 Å². The lowest BCUT2D eigenvalue weighted by Gasteiger charge is -2.35. The van der Waals surface area contributed by atoms with Crippen molar-refractivity contribution in [2.45, 2.75) is 26.2 Å². The standard InChI is InChI=1S/C16H18N4O/c1-2-16(5-7-19-8-6-16)15(21)20-14-4-3-12(10-17)13(9-14)11-18/h3-4,9,19H,2,5-8H2,1H3,(H,20,21). The minimum Gasteiger partial charge on any atom is -0.326 e. The minimum atomic E-state index is -0.341. The highest BCUT2D eigenvalue weighted by molar-refractivity contribution is 5.95. The molecule has 0 bridgehead atoms. The van der Waals surface area contributed by atoms with Crippen LogP contribution in [-0.2, 0) is 4.79 Å². The molecule has 1 heterocycles. The molecule has 5 nitrogen and oxygen atoms in total. The first-order valence-corrected chi connectivity index (χ1v) is 7.11. The molecular formula is C16H18N4O. The predicted molar refractivity (Wildman–Crippen MR) is 79.3 cm³/mol. The van der Waals surface area contributed by atoms with Crippen LogP contribution in [0, 0.1) is 28.1 Å². The Kier molecular flexibility index (Phi) is 4.57. The van der Waals surface area contributed by atoms with Crippen molar-refractivity contribution in [2.24, 2.45) is 5.41 Å². The summed E-state index contributed by atoms with van der Waals surface area (Å²) in [5.41, 5.74) is 0.835. The number of piperidine rings is 1.